The van der Waals surface area contributed by atoms with Gasteiger partial charge in [0, 0.05) is 0 Å². The van der Waals surface area contributed by atoms with Gasteiger partial charge in [-0.3, -0.25) is 9.59 Å². The molecule has 0 spiro atoms. The van der Waals surface area contributed by atoms with Crippen molar-refractivity contribution in [3.63, 3.8) is 0 Å². The van der Waals surface area contributed by atoms with Gasteiger partial charge in [0.15, 0.2) is 9.81 Å². The summed E-state index contributed by atoms with van der Waals surface area (Å²) in [4.78, 5) is 34.2. The molecule has 9 heteroatoms. The minimum atomic E-state index is -0.446. The first-order chi connectivity index (χ1) is 14.6. The summed E-state index contributed by atoms with van der Waals surface area (Å²) in [6.07, 6.45) is 0. The lowest BCUT2D eigenvalue weighted by Crippen LogP contribution is -2.23. The molecule has 4 rings (SSSR count). The minimum Gasteiger partial charge on any atom is -0.492 e. The van der Waals surface area contributed by atoms with E-state index in [1.807, 2.05) is 49.4 Å². The first-order valence-electron chi connectivity index (χ1n) is 9.46. The number of benzene rings is 2. The minimum absolute atomic E-state index is 0.0656. The smallest absolute Gasteiger partial charge is 0.326 e. The Morgan fingerprint density at radius 1 is 1.03 bits per heavy atom. The van der Waals surface area contributed by atoms with Crippen LogP contribution in [0.3, 0.4) is 0 Å². The van der Waals surface area contributed by atoms with Gasteiger partial charge in [-0.2, -0.15) is 4.99 Å². The van der Waals surface area contributed by atoms with Gasteiger partial charge in [0.2, 0.25) is 0 Å². The van der Waals surface area contributed by atoms with Crippen molar-refractivity contribution < 1.29 is 19.1 Å². The molecule has 0 aliphatic carbocycles. The molecule has 7 nitrogen and oxygen atoms in total. The maximum Gasteiger partial charge on any atom is 0.326 e. The van der Waals surface area contributed by atoms with Crippen LogP contribution < -0.4 is 9.54 Å². The predicted octanol–water partition coefficient (Wildman–Crippen LogP) is 4.02. The molecule has 1 amide bonds. The van der Waals surface area contributed by atoms with Crippen LogP contribution in [0.25, 0.3) is 20.4 Å². The zero-order chi connectivity index (χ0) is 21.1. The molecule has 0 atom stereocenters. The summed E-state index contributed by atoms with van der Waals surface area (Å²) in [6.45, 7) is 4.33. The van der Waals surface area contributed by atoms with E-state index in [0.29, 0.717) is 27.7 Å². The number of esters is 1. The van der Waals surface area contributed by atoms with E-state index in [0.717, 1.165) is 14.9 Å². The first-order valence-corrected chi connectivity index (χ1v) is 11.1. The van der Waals surface area contributed by atoms with Gasteiger partial charge >= 0.3 is 11.9 Å². The third kappa shape index (κ3) is 3.99. The zero-order valence-electron chi connectivity index (χ0n) is 16.5. The van der Waals surface area contributed by atoms with Crippen LogP contribution in [-0.4, -0.2) is 34.6 Å². The number of para-hydroxylation sites is 2. The van der Waals surface area contributed by atoms with Gasteiger partial charge in [0.05, 0.1) is 28.1 Å². The molecule has 0 saturated carbocycles. The number of fused-ring (bicyclic) bond motifs is 2. The van der Waals surface area contributed by atoms with Crippen LogP contribution in [0.4, 0.5) is 0 Å². The molecular weight excluding hydrogens is 422 g/mol. The van der Waals surface area contributed by atoms with E-state index in [9.17, 15) is 9.59 Å². The van der Waals surface area contributed by atoms with Gasteiger partial charge in [-0.1, -0.05) is 29.5 Å². The summed E-state index contributed by atoms with van der Waals surface area (Å²) >= 11 is 2.61. The molecule has 0 aliphatic rings. The van der Waals surface area contributed by atoms with E-state index in [-0.39, 0.29) is 13.2 Å². The molecule has 2 heterocycles. The summed E-state index contributed by atoms with van der Waals surface area (Å²) in [5, 5.41) is 0.307. The molecule has 0 fully saturated rings. The molecule has 4 aromatic rings. The van der Waals surface area contributed by atoms with Crippen LogP contribution >= 0.6 is 22.7 Å². The molecule has 2 aromatic heterocycles. The van der Waals surface area contributed by atoms with Crippen LogP contribution in [0, 0.1) is 0 Å². The highest BCUT2D eigenvalue weighted by atomic mass is 32.1. The van der Waals surface area contributed by atoms with E-state index in [2.05, 4.69) is 9.98 Å². The molecule has 0 aliphatic heterocycles. The second-order valence-electron chi connectivity index (χ2n) is 6.22. The van der Waals surface area contributed by atoms with Crippen molar-refractivity contribution in [3.8, 4) is 5.75 Å². The van der Waals surface area contributed by atoms with Crippen LogP contribution in [0.15, 0.2) is 47.5 Å². The highest BCUT2D eigenvalue weighted by molar-refractivity contribution is 7.20. The molecule has 154 valence electrons. The normalized spacial score (nSPS) is 11.9. The fraction of sp³-hybridized carbons (Fsp3) is 0.238. The molecule has 0 radical (unpaired) electrons. The number of carbonyl (C=O) groups excluding carboxylic acids is 2. The molecular formula is C21H19N3O4S2. The second kappa shape index (κ2) is 8.76. The van der Waals surface area contributed by atoms with Gasteiger partial charge in [-0.05, 0) is 38.1 Å². The molecule has 0 N–H and O–H groups in total. The Labute approximate surface area is 180 Å². The quantitative estimate of drug-likeness (QED) is 0.422. The topological polar surface area (TPSA) is 82.8 Å². The molecule has 0 unspecified atom stereocenters. The third-order valence-electron chi connectivity index (χ3n) is 4.23. The first kappa shape index (κ1) is 20.2. The average molecular weight is 442 g/mol. The van der Waals surface area contributed by atoms with E-state index >= 15 is 0 Å². The van der Waals surface area contributed by atoms with Crippen LogP contribution in [-0.2, 0) is 16.1 Å². The molecule has 0 bridgehead atoms. The largest absolute Gasteiger partial charge is 0.492 e. The summed E-state index contributed by atoms with van der Waals surface area (Å²) in [5.74, 6) is -0.222. The lowest BCUT2D eigenvalue weighted by Gasteiger charge is -2.09. The lowest BCUT2D eigenvalue weighted by atomic mass is 10.3. The standard InChI is InChI=1S/C21H19N3O4S2/c1-3-27-14-9-7-11-16-18(14)24(12-17(25)28-4-2)21(30-16)23-19(26)20-22-13-8-5-6-10-15(13)29-20/h5-11H,3-4,12H2,1-2H3. The van der Waals surface area contributed by atoms with Gasteiger partial charge in [-0.15, -0.1) is 11.3 Å². The summed E-state index contributed by atoms with van der Waals surface area (Å²) in [5.41, 5.74) is 1.48. The molecule has 2 aromatic carbocycles. The van der Waals surface area contributed by atoms with Crippen molar-refractivity contribution in [1.29, 1.82) is 0 Å². The summed E-state index contributed by atoms with van der Waals surface area (Å²) in [7, 11) is 0. The number of nitrogens with zero attached hydrogens (tertiary/aromatic N) is 3. The van der Waals surface area contributed by atoms with Crippen molar-refractivity contribution >= 4 is 55.0 Å². The maximum atomic E-state index is 12.9. The Kier molecular flexibility index (Phi) is 5.91. The van der Waals surface area contributed by atoms with Gasteiger partial charge < -0.3 is 14.0 Å². The summed E-state index contributed by atoms with van der Waals surface area (Å²) in [6, 6.07) is 13.2. The van der Waals surface area contributed by atoms with E-state index < -0.39 is 11.9 Å². The highest BCUT2D eigenvalue weighted by Gasteiger charge is 2.17. The van der Waals surface area contributed by atoms with Crippen LogP contribution in [0.5, 0.6) is 5.75 Å². The fourth-order valence-electron chi connectivity index (χ4n) is 3.04. The number of aromatic nitrogens is 2. The van der Waals surface area contributed by atoms with E-state index in [4.69, 9.17) is 9.47 Å². The van der Waals surface area contributed by atoms with Crippen molar-refractivity contribution in [2.75, 3.05) is 13.2 Å². The van der Waals surface area contributed by atoms with Crippen molar-refractivity contribution in [2.24, 2.45) is 4.99 Å². The monoisotopic (exact) mass is 441 g/mol. The zero-order valence-corrected chi connectivity index (χ0v) is 18.1. The summed E-state index contributed by atoms with van der Waals surface area (Å²) < 4.78 is 14.3. The fourth-order valence-corrected chi connectivity index (χ4v) is 4.93. The highest BCUT2D eigenvalue weighted by Crippen LogP contribution is 2.28. The van der Waals surface area contributed by atoms with Crippen LogP contribution in [0.2, 0.25) is 0 Å². The number of hydrogen-bond donors (Lipinski definition) is 0. The number of thiazole rings is 2. The number of rotatable bonds is 6. The Morgan fingerprint density at radius 3 is 2.60 bits per heavy atom. The second-order valence-corrected chi connectivity index (χ2v) is 8.26. The van der Waals surface area contributed by atoms with Gasteiger partial charge in [-0.25, -0.2) is 4.98 Å². The van der Waals surface area contributed by atoms with Gasteiger partial charge in [0.25, 0.3) is 0 Å². The Hall–Kier alpha value is -3.04. The molecule has 0 saturated heterocycles. The molecule has 30 heavy (non-hydrogen) atoms. The Morgan fingerprint density at radius 2 is 1.83 bits per heavy atom. The predicted molar refractivity (Wildman–Crippen MR) is 117 cm³/mol. The lowest BCUT2D eigenvalue weighted by molar-refractivity contribution is -0.143. The Bertz CT molecular complexity index is 1270. The van der Waals surface area contributed by atoms with E-state index in [1.165, 1.54) is 22.7 Å². The van der Waals surface area contributed by atoms with Gasteiger partial charge in [0.1, 0.15) is 17.8 Å². The number of carbonyl (C=O) groups is 2. The Balaban J connectivity index is 1.84. The maximum absolute atomic E-state index is 12.9. The number of amides is 1. The number of ether oxygens (including phenoxy) is 2. The van der Waals surface area contributed by atoms with Crippen molar-refractivity contribution in [1.82, 2.24) is 9.55 Å². The van der Waals surface area contributed by atoms with Crippen molar-refractivity contribution in [3.05, 3.63) is 52.3 Å². The average Bonchev–Trinajstić information content (AvgIpc) is 3.31. The third-order valence-corrected chi connectivity index (χ3v) is 6.30. The van der Waals surface area contributed by atoms with Crippen LogP contribution in [0.1, 0.15) is 23.6 Å². The van der Waals surface area contributed by atoms with E-state index in [1.54, 1.807) is 11.5 Å². The SMILES string of the molecule is CCOC(=O)Cn1c(=NC(=O)c2nc3ccccc3s2)sc2cccc(OCC)c21. The van der Waals surface area contributed by atoms with Crippen molar-refractivity contribution in [2.45, 2.75) is 20.4 Å². The number of hydrogen-bond acceptors (Lipinski definition) is 7.